The molecule has 0 aliphatic rings. The van der Waals surface area contributed by atoms with Gasteiger partial charge in [0.1, 0.15) is 0 Å². The van der Waals surface area contributed by atoms with Gasteiger partial charge in [-0.25, -0.2) is 0 Å². The van der Waals surface area contributed by atoms with Crippen molar-refractivity contribution in [3.63, 3.8) is 0 Å². The maximum Gasteiger partial charge on any atom is 0.0594 e. The van der Waals surface area contributed by atoms with Crippen molar-refractivity contribution < 1.29 is 4.74 Å². The average Bonchev–Trinajstić information content (AvgIpc) is 2.65. The van der Waals surface area contributed by atoms with Crippen LogP contribution in [0.1, 0.15) is 5.56 Å². The molecule has 0 aliphatic carbocycles. The Morgan fingerprint density at radius 2 is 2.36 bits per heavy atom. The summed E-state index contributed by atoms with van der Waals surface area (Å²) < 4.78 is 5.31. The second-order valence-electron chi connectivity index (χ2n) is 3.27. The molecule has 0 aromatic carbocycles. The van der Waals surface area contributed by atoms with Gasteiger partial charge in [0.15, 0.2) is 0 Å². The summed E-state index contributed by atoms with van der Waals surface area (Å²) >= 11 is 1.74. The molecule has 14 heavy (non-hydrogen) atoms. The molecule has 3 nitrogen and oxygen atoms in total. The van der Waals surface area contributed by atoms with Gasteiger partial charge in [-0.3, -0.25) is 4.90 Å². The van der Waals surface area contributed by atoms with Crippen LogP contribution in [0.15, 0.2) is 16.8 Å². The largest absolute Gasteiger partial charge is 0.379 e. The molecule has 0 amide bonds. The van der Waals surface area contributed by atoms with E-state index < -0.39 is 0 Å². The Labute approximate surface area is 89.5 Å². The predicted octanol–water partition coefficient (Wildman–Crippen LogP) is 1.16. The van der Waals surface area contributed by atoms with E-state index in [1.165, 1.54) is 5.56 Å². The Bertz CT molecular complexity index is 226. The molecular weight excluding hydrogens is 196 g/mol. The van der Waals surface area contributed by atoms with Crippen molar-refractivity contribution in [3.8, 4) is 0 Å². The van der Waals surface area contributed by atoms with Crippen molar-refractivity contribution in [2.24, 2.45) is 5.73 Å². The van der Waals surface area contributed by atoms with E-state index in [0.29, 0.717) is 13.2 Å². The van der Waals surface area contributed by atoms with E-state index in [1.807, 2.05) is 0 Å². The first-order chi connectivity index (χ1) is 6.83. The molecule has 0 fully saturated rings. The van der Waals surface area contributed by atoms with Gasteiger partial charge in [-0.05, 0) is 29.4 Å². The van der Waals surface area contributed by atoms with E-state index >= 15 is 0 Å². The Hall–Kier alpha value is -0.420. The van der Waals surface area contributed by atoms with Crippen molar-refractivity contribution in [2.45, 2.75) is 6.54 Å². The highest BCUT2D eigenvalue weighted by molar-refractivity contribution is 7.07. The third-order valence-electron chi connectivity index (χ3n) is 1.91. The summed E-state index contributed by atoms with van der Waals surface area (Å²) in [4.78, 5) is 2.25. The van der Waals surface area contributed by atoms with Crippen LogP contribution < -0.4 is 5.73 Å². The van der Waals surface area contributed by atoms with Gasteiger partial charge in [0.2, 0.25) is 0 Å². The fourth-order valence-electron chi connectivity index (χ4n) is 1.18. The minimum atomic E-state index is 0.605. The lowest BCUT2D eigenvalue weighted by molar-refractivity contribution is 0.116. The van der Waals surface area contributed by atoms with Crippen LogP contribution in [-0.2, 0) is 11.3 Å². The Morgan fingerprint density at radius 3 is 3.00 bits per heavy atom. The number of thiophene rings is 1. The third kappa shape index (κ3) is 4.72. The number of rotatable bonds is 7. The van der Waals surface area contributed by atoms with Gasteiger partial charge in [-0.2, -0.15) is 11.3 Å². The second-order valence-corrected chi connectivity index (χ2v) is 4.05. The van der Waals surface area contributed by atoms with Crippen molar-refractivity contribution in [1.29, 1.82) is 0 Å². The monoisotopic (exact) mass is 214 g/mol. The van der Waals surface area contributed by atoms with Crippen LogP contribution >= 0.6 is 11.3 Å². The minimum absolute atomic E-state index is 0.605. The van der Waals surface area contributed by atoms with Crippen molar-refractivity contribution in [1.82, 2.24) is 4.90 Å². The zero-order valence-corrected chi connectivity index (χ0v) is 9.43. The van der Waals surface area contributed by atoms with E-state index in [1.54, 1.807) is 11.3 Å². The number of ether oxygens (including phenoxy) is 1. The van der Waals surface area contributed by atoms with E-state index in [-0.39, 0.29) is 0 Å². The highest BCUT2D eigenvalue weighted by Gasteiger charge is 1.99. The summed E-state index contributed by atoms with van der Waals surface area (Å²) in [7, 11) is 2.10. The highest BCUT2D eigenvalue weighted by atomic mass is 32.1. The molecule has 1 aromatic rings. The first kappa shape index (κ1) is 11.7. The maximum absolute atomic E-state index is 5.32. The molecule has 0 atom stereocenters. The summed E-state index contributed by atoms with van der Waals surface area (Å²) in [6, 6.07) is 2.15. The fourth-order valence-corrected chi connectivity index (χ4v) is 1.84. The fraction of sp³-hybridized carbons (Fsp3) is 0.600. The van der Waals surface area contributed by atoms with Gasteiger partial charge in [0.25, 0.3) is 0 Å². The summed E-state index contributed by atoms with van der Waals surface area (Å²) in [5.41, 5.74) is 6.69. The molecule has 1 heterocycles. The molecule has 4 heteroatoms. The summed E-state index contributed by atoms with van der Waals surface area (Å²) in [5.74, 6) is 0. The van der Waals surface area contributed by atoms with Crippen molar-refractivity contribution >= 4 is 11.3 Å². The number of hydrogen-bond donors (Lipinski definition) is 1. The number of likely N-dealkylation sites (N-methyl/N-ethyl adjacent to an activating group) is 1. The molecule has 0 saturated carbocycles. The van der Waals surface area contributed by atoms with Crippen LogP contribution in [-0.4, -0.2) is 38.3 Å². The Balaban J connectivity index is 2.07. The Kier molecular flexibility index (Phi) is 5.78. The number of hydrogen-bond acceptors (Lipinski definition) is 4. The van der Waals surface area contributed by atoms with Crippen LogP contribution in [0, 0.1) is 0 Å². The highest BCUT2D eigenvalue weighted by Crippen LogP contribution is 2.07. The second kappa shape index (κ2) is 6.95. The van der Waals surface area contributed by atoms with Crippen LogP contribution in [0.4, 0.5) is 0 Å². The first-order valence-corrected chi connectivity index (χ1v) is 5.74. The topological polar surface area (TPSA) is 38.5 Å². The summed E-state index contributed by atoms with van der Waals surface area (Å²) in [6.45, 7) is 3.98. The van der Waals surface area contributed by atoms with E-state index in [0.717, 1.165) is 19.7 Å². The lowest BCUT2D eigenvalue weighted by atomic mass is 10.3. The molecule has 0 saturated heterocycles. The quantitative estimate of drug-likeness (QED) is 0.692. The molecule has 1 rings (SSSR count). The summed E-state index contributed by atoms with van der Waals surface area (Å²) in [6.07, 6.45) is 0. The van der Waals surface area contributed by atoms with E-state index in [9.17, 15) is 0 Å². The molecule has 0 spiro atoms. The molecule has 0 aliphatic heterocycles. The third-order valence-corrected chi connectivity index (χ3v) is 2.64. The van der Waals surface area contributed by atoms with Gasteiger partial charge in [0, 0.05) is 19.6 Å². The lowest BCUT2D eigenvalue weighted by Gasteiger charge is -2.15. The van der Waals surface area contributed by atoms with Crippen molar-refractivity contribution in [3.05, 3.63) is 22.4 Å². The molecule has 0 bridgehead atoms. The normalized spacial score (nSPS) is 11.1. The molecule has 0 radical (unpaired) electrons. The molecular formula is C10H18N2OS. The maximum atomic E-state index is 5.32. The van der Waals surface area contributed by atoms with Crippen LogP contribution in [0.5, 0.6) is 0 Å². The smallest absolute Gasteiger partial charge is 0.0594 e. The molecule has 0 unspecified atom stereocenters. The Morgan fingerprint density at radius 1 is 1.50 bits per heavy atom. The summed E-state index contributed by atoms with van der Waals surface area (Å²) in [5, 5.41) is 4.28. The van der Waals surface area contributed by atoms with Gasteiger partial charge in [0.05, 0.1) is 13.2 Å². The first-order valence-electron chi connectivity index (χ1n) is 4.80. The number of nitrogens with zero attached hydrogens (tertiary/aromatic N) is 1. The van der Waals surface area contributed by atoms with E-state index in [4.69, 9.17) is 10.5 Å². The zero-order chi connectivity index (χ0) is 10.2. The molecule has 2 N–H and O–H groups in total. The van der Waals surface area contributed by atoms with Gasteiger partial charge in [-0.1, -0.05) is 0 Å². The zero-order valence-electron chi connectivity index (χ0n) is 8.61. The van der Waals surface area contributed by atoms with Crippen LogP contribution in [0.25, 0.3) is 0 Å². The van der Waals surface area contributed by atoms with Crippen LogP contribution in [0.3, 0.4) is 0 Å². The standard InChI is InChI=1S/C10H18N2OS/c1-12(4-6-13-5-3-11)8-10-2-7-14-9-10/h2,7,9H,3-6,8,11H2,1H3. The molecule has 80 valence electrons. The average molecular weight is 214 g/mol. The van der Waals surface area contributed by atoms with Gasteiger partial charge in [-0.15, -0.1) is 0 Å². The predicted molar refractivity (Wildman–Crippen MR) is 60.5 cm³/mol. The van der Waals surface area contributed by atoms with Gasteiger partial charge < -0.3 is 10.5 Å². The van der Waals surface area contributed by atoms with Gasteiger partial charge >= 0.3 is 0 Å². The lowest BCUT2D eigenvalue weighted by Crippen LogP contribution is -2.23. The number of nitrogens with two attached hydrogens (primary N) is 1. The SMILES string of the molecule is CN(CCOCCN)Cc1ccsc1. The van der Waals surface area contributed by atoms with Crippen molar-refractivity contribution in [2.75, 3.05) is 33.4 Å². The van der Waals surface area contributed by atoms with E-state index in [2.05, 4.69) is 28.8 Å². The van der Waals surface area contributed by atoms with Crippen LogP contribution in [0.2, 0.25) is 0 Å². The molecule has 1 aromatic heterocycles. The minimum Gasteiger partial charge on any atom is -0.379 e.